The molecular weight excluding hydrogens is 282 g/mol. The molecule has 0 bridgehead atoms. The first-order chi connectivity index (χ1) is 10.5. The van der Waals surface area contributed by atoms with Crippen LogP contribution in [0, 0.1) is 0 Å². The third-order valence-electron chi connectivity index (χ3n) is 3.44. The van der Waals surface area contributed by atoms with Gasteiger partial charge in [0.2, 0.25) is 11.6 Å². The highest BCUT2D eigenvalue weighted by Gasteiger charge is 2.33. The zero-order valence-electron chi connectivity index (χ0n) is 11.8. The molecule has 3 rings (SSSR count). The highest BCUT2D eigenvalue weighted by molar-refractivity contribution is 6.25. The Morgan fingerprint density at radius 2 is 1.82 bits per heavy atom. The van der Waals surface area contributed by atoms with Crippen molar-refractivity contribution in [3.05, 3.63) is 59.1 Å². The molecule has 0 amide bonds. The van der Waals surface area contributed by atoms with Gasteiger partial charge in [0.05, 0.1) is 18.4 Å². The number of nitrogens with zero attached hydrogens (tertiary/aromatic N) is 1. The van der Waals surface area contributed by atoms with E-state index in [9.17, 15) is 9.59 Å². The molecule has 1 aromatic carbocycles. The Hall–Kier alpha value is -3.15. The lowest BCUT2D eigenvalue weighted by Crippen LogP contribution is -2.28. The van der Waals surface area contributed by atoms with Crippen molar-refractivity contribution in [2.24, 2.45) is 5.73 Å². The molecule has 0 spiro atoms. The van der Waals surface area contributed by atoms with E-state index in [2.05, 4.69) is 4.98 Å². The number of hydrogen-bond donors (Lipinski definition) is 2. The van der Waals surface area contributed by atoms with Gasteiger partial charge in [0.1, 0.15) is 11.4 Å². The highest BCUT2D eigenvalue weighted by atomic mass is 16.5. The van der Waals surface area contributed by atoms with Gasteiger partial charge in [-0.3, -0.25) is 9.59 Å². The maximum Gasteiger partial charge on any atom is 0.232 e. The molecule has 4 N–H and O–H groups in total. The second-order valence-electron chi connectivity index (χ2n) is 4.82. The topological polar surface area (TPSA) is 108 Å². The molecule has 0 unspecified atom stereocenters. The van der Waals surface area contributed by atoms with Crippen LogP contribution in [-0.2, 0) is 4.74 Å². The molecule has 2 aromatic rings. The zero-order chi connectivity index (χ0) is 15.9. The van der Waals surface area contributed by atoms with Crippen LogP contribution in [0.25, 0.3) is 11.3 Å². The van der Waals surface area contributed by atoms with E-state index < -0.39 is 11.6 Å². The van der Waals surface area contributed by atoms with Gasteiger partial charge in [-0.25, -0.2) is 4.98 Å². The molecule has 6 nitrogen and oxygen atoms in total. The zero-order valence-corrected chi connectivity index (χ0v) is 11.8. The van der Waals surface area contributed by atoms with Gasteiger partial charge in [-0.1, -0.05) is 12.1 Å². The maximum absolute atomic E-state index is 12.3. The van der Waals surface area contributed by atoms with E-state index in [1.165, 1.54) is 7.11 Å². The molecule has 0 aliphatic heterocycles. The fourth-order valence-corrected chi connectivity index (χ4v) is 2.35. The predicted octanol–water partition coefficient (Wildman–Crippen LogP) is 1.53. The monoisotopic (exact) mass is 295 g/mol. The van der Waals surface area contributed by atoms with Crippen LogP contribution >= 0.6 is 0 Å². The molecule has 22 heavy (non-hydrogen) atoms. The summed E-state index contributed by atoms with van der Waals surface area (Å²) in [6.45, 7) is 0. The van der Waals surface area contributed by atoms with Crippen molar-refractivity contribution >= 4 is 17.3 Å². The molecule has 0 saturated heterocycles. The molecule has 0 saturated carbocycles. The number of rotatable bonds is 2. The van der Waals surface area contributed by atoms with Crippen molar-refractivity contribution in [3.63, 3.8) is 0 Å². The van der Waals surface area contributed by atoms with E-state index in [0.717, 1.165) is 5.56 Å². The average Bonchev–Trinajstić information content (AvgIpc) is 2.53. The van der Waals surface area contributed by atoms with Gasteiger partial charge in [-0.2, -0.15) is 0 Å². The number of Topliss-reactive ketones (excluding diaryl/α,β-unsaturated/α-hetero) is 2. The normalized spacial score (nSPS) is 14.0. The number of carbonyl (C=O) groups is 2. The number of fused-ring (bicyclic) bond motifs is 1. The minimum absolute atomic E-state index is 0.0308. The van der Waals surface area contributed by atoms with Gasteiger partial charge in [-0.15, -0.1) is 0 Å². The SMILES string of the molecule is COC1=C(N)C(=O)c2nc(-c3cccc(N)c3)ccc2C1=O. The minimum Gasteiger partial charge on any atom is -0.491 e. The second kappa shape index (κ2) is 5.00. The molecule has 0 radical (unpaired) electrons. The Morgan fingerprint density at radius 1 is 1.05 bits per heavy atom. The summed E-state index contributed by atoms with van der Waals surface area (Å²) in [5.74, 6) is -1.10. The predicted molar refractivity (Wildman–Crippen MR) is 81.0 cm³/mol. The number of nitrogen functional groups attached to an aromatic ring is 1. The van der Waals surface area contributed by atoms with Crippen LogP contribution in [0.3, 0.4) is 0 Å². The van der Waals surface area contributed by atoms with Crippen LogP contribution in [0.2, 0.25) is 0 Å². The first-order valence-corrected chi connectivity index (χ1v) is 6.53. The Balaban J connectivity index is 2.15. The number of hydrogen-bond acceptors (Lipinski definition) is 6. The van der Waals surface area contributed by atoms with Crippen molar-refractivity contribution in [1.29, 1.82) is 0 Å². The summed E-state index contributed by atoms with van der Waals surface area (Å²) in [6.07, 6.45) is 0. The van der Waals surface area contributed by atoms with Crippen LogP contribution in [0.4, 0.5) is 5.69 Å². The first-order valence-electron chi connectivity index (χ1n) is 6.53. The molecule has 110 valence electrons. The summed E-state index contributed by atoms with van der Waals surface area (Å²) >= 11 is 0. The van der Waals surface area contributed by atoms with Crippen molar-refractivity contribution in [2.45, 2.75) is 0 Å². The third kappa shape index (κ3) is 2.01. The summed E-state index contributed by atoms with van der Waals surface area (Å²) in [4.78, 5) is 28.8. The summed E-state index contributed by atoms with van der Waals surface area (Å²) < 4.78 is 4.91. The maximum atomic E-state index is 12.3. The van der Waals surface area contributed by atoms with Gasteiger partial charge >= 0.3 is 0 Å². The molecule has 6 heteroatoms. The first kappa shape index (κ1) is 13.8. The highest BCUT2D eigenvalue weighted by Crippen LogP contribution is 2.27. The number of allylic oxidation sites excluding steroid dienone is 2. The molecular formula is C16H13N3O3. The fourth-order valence-electron chi connectivity index (χ4n) is 2.35. The van der Waals surface area contributed by atoms with Crippen LogP contribution in [0.1, 0.15) is 20.8 Å². The number of ether oxygens (including phenoxy) is 1. The van der Waals surface area contributed by atoms with E-state index in [1.807, 2.05) is 6.07 Å². The summed E-state index contributed by atoms with van der Waals surface area (Å²) in [7, 11) is 1.30. The van der Waals surface area contributed by atoms with Crippen LogP contribution in [-0.4, -0.2) is 23.7 Å². The van der Waals surface area contributed by atoms with E-state index >= 15 is 0 Å². The van der Waals surface area contributed by atoms with Crippen molar-refractivity contribution in [3.8, 4) is 11.3 Å². The number of aromatic nitrogens is 1. The third-order valence-corrected chi connectivity index (χ3v) is 3.44. The van der Waals surface area contributed by atoms with E-state index in [0.29, 0.717) is 11.4 Å². The quantitative estimate of drug-likeness (QED) is 0.813. The second-order valence-corrected chi connectivity index (χ2v) is 4.82. The minimum atomic E-state index is -0.516. The molecule has 1 heterocycles. The van der Waals surface area contributed by atoms with E-state index in [-0.39, 0.29) is 22.7 Å². The fraction of sp³-hybridized carbons (Fsp3) is 0.0625. The Labute approximate surface area is 126 Å². The van der Waals surface area contributed by atoms with Gasteiger partial charge in [0.25, 0.3) is 0 Å². The Morgan fingerprint density at radius 3 is 2.50 bits per heavy atom. The summed E-state index contributed by atoms with van der Waals surface area (Å²) in [6, 6.07) is 10.3. The van der Waals surface area contributed by atoms with Crippen molar-refractivity contribution in [1.82, 2.24) is 4.98 Å². The lowest BCUT2D eigenvalue weighted by Gasteiger charge is -2.17. The van der Waals surface area contributed by atoms with E-state index in [1.54, 1.807) is 30.3 Å². The molecule has 1 aliphatic rings. The lowest BCUT2D eigenvalue weighted by atomic mass is 9.95. The van der Waals surface area contributed by atoms with Crippen molar-refractivity contribution < 1.29 is 14.3 Å². The van der Waals surface area contributed by atoms with Gasteiger partial charge in [-0.05, 0) is 24.3 Å². The summed E-state index contributed by atoms with van der Waals surface area (Å²) in [5, 5.41) is 0. The number of methoxy groups -OCH3 is 1. The molecule has 0 fully saturated rings. The molecule has 1 aromatic heterocycles. The van der Waals surface area contributed by atoms with E-state index in [4.69, 9.17) is 16.2 Å². The number of nitrogens with two attached hydrogens (primary N) is 2. The number of anilines is 1. The number of pyridine rings is 1. The number of carbonyl (C=O) groups excluding carboxylic acids is 2. The smallest absolute Gasteiger partial charge is 0.232 e. The number of benzene rings is 1. The van der Waals surface area contributed by atoms with Gasteiger partial charge < -0.3 is 16.2 Å². The largest absolute Gasteiger partial charge is 0.491 e. The number of ketones is 2. The van der Waals surface area contributed by atoms with Gasteiger partial charge in [0.15, 0.2) is 5.76 Å². The molecule has 0 atom stereocenters. The summed E-state index contributed by atoms with van der Waals surface area (Å²) in [5.41, 5.74) is 13.3. The van der Waals surface area contributed by atoms with Crippen LogP contribution < -0.4 is 11.5 Å². The Bertz CT molecular complexity index is 840. The van der Waals surface area contributed by atoms with Crippen molar-refractivity contribution in [2.75, 3.05) is 12.8 Å². The van der Waals surface area contributed by atoms with Crippen LogP contribution in [0.5, 0.6) is 0 Å². The van der Waals surface area contributed by atoms with Crippen LogP contribution in [0.15, 0.2) is 47.9 Å². The molecule has 1 aliphatic carbocycles. The lowest BCUT2D eigenvalue weighted by molar-refractivity contribution is 0.0902. The average molecular weight is 295 g/mol. The Kier molecular flexibility index (Phi) is 3.14. The van der Waals surface area contributed by atoms with Gasteiger partial charge in [0, 0.05) is 11.3 Å². The standard InChI is InChI=1S/C16H13N3O3/c1-22-16-12(18)15(21)13-10(14(16)20)5-6-11(19-13)8-3-2-4-9(17)7-8/h2-7H,17-18H2,1H3.